The average molecular weight is 227 g/mol. The summed E-state index contributed by atoms with van der Waals surface area (Å²) in [4.78, 5) is 4.43. The highest BCUT2D eigenvalue weighted by Crippen LogP contribution is 2.23. The molecule has 2 nitrogen and oxygen atoms in total. The molecule has 0 aliphatic heterocycles. The summed E-state index contributed by atoms with van der Waals surface area (Å²) in [5.41, 5.74) is 5.75. The Hall–Kier alpha value is -1.67. The zero-order valence-corrected chi connectivity index (χ0v) is 10.3. The molecule has 2 rings (SSSR count). The molecule has 0 unspecified atom stereocenters. The van der Waals surface area contributed by atoms with Crippen molar-refractivity contribution < 1.29 is 5.11 Å². The van der Waals surface area contributed by atoms with Crippen molar-refractivity contribution in [1.29, 1.82) is 0 Å². The lowest BCUT2D eigenvalue weighted by Crippen LogP contribution is -1.97. The van der Waals surface area contributed by atoms with E-state index in [1.165, 1.54) is 11.1 Å². The first kappa shape index (κ1) is 11.8. The number of aliphatic hydroxyl groups excluding tert-OH is 1. The molecule has 0 bridgehead atoms. The third-order valence-electron chi connectivity index (χ3n) is 3.05. The first-order valence-corrected chi connectivity index (χ1v) is 5.84. The monoisotopic (exact) mass is 227 g/mol. The molecule has 1 N–H and O–H groups in total. The van der Waals surface area contributed by atoms with Crippen molar-refractivity contribution in [3.05, 3.63) is 53.2 Å². The smallest absolute Gasteiger partial charge is 0.0734 e. The van der Waals surface area contributed by atoms with Crippen LogP contribution in [0.5, 0.6) is 0 Å². The largest absolute Gasteiger partial charge is 0.396 e. The van der Waals surface area contributed by atoms with E-state index < -0.39 is 0 Å². The van der Waals surface area contributed by atoms with Gasteiger partial charge in [0, 0.05) is 18.4 Å². The molecule has 0 spiro atoms. The van der Waals surface area contributed by atoms with Crippen LogP contribution in [0.2, 0.25) is 0 Å². The van der Waals surface area contributed by atoms with Gasteiger partial charge in [0.15, 0.2) is 0 Å². The molecule has 0 saturated carbocycles. The first-order chi connectivity index (χ1) is 8.22. The van der Waals surface area contributed by atoms with E-state index in [0.29, 0.717) is 6.42 Å². The van der Waals surface area contributed by atoms with Gasteiger partial charge in [-0.25, -0.2) is 0 Å². The topological polar surface area (TPSA) is 33.1 Å². The van der Waals surface area contributed by atoms with Crippen LogP contribution >= 0.6 is 0 Å². The molecule has 88 valence electrons. The lowest BCUT2D eigenvalue weighted by molar-refractivity contribution is 0.299. The first-order valence-electron chi connectivity index (χ1n) is 5.84. The molecule has 1 heterocycles. The van der Waals surface area contributed by atoms with Crippen molar-refractivity contribution in [2.75, 3.05) is 6.61 Å². The Balaban J connectivity index is 2.48. The highest BCUT2D eigenvalue weighted by atomic mass is 16.2. The molecule has 0 amide bonds. The molecule has 1 aromatic heterocycles. The van der Waals surface area contributed by atoms with Crippen LogP contribution in [0.3, 0.4) is 0 Å². The quantitative estimate of drug-likeness (QED) is 0.874. The second-order valence-corrected chi connectivity index (χ2v) is 4.28. The molecule has 17 heavy (non-hydrogen) atoms. The van der Waals surface area contributed by atoms with E-state index in [2.05, 4.69) is 37.0 Å². The van der Waals surface area contributed by atoms with E-state index in [1.54, 1.807) is 6.20 Å². The molecule has 0 radical (unpaired) electrons. The second-order valence-electron chi connectivity index (χ2n) is 4.28. The molecule has 2 heteroatoms. The average Bonchev–Trinajstić information content (AvgIpc) is 2.34. The summed E-state index contributed by atoms with van der Waals surface area (Å²) in [5, 5.41) is 9.06. The number of hydrogen-bond donors (Lipinski definition) is 1. The van der Waals surface area contributed by atoms with Gasteiger partial charge >= 0.3 is 0 Å². The zero-order valence-electron chi connectivity index (χ0n) is 10.3. The van der Waals surface area contributed by atoms with Crippen LogP contribution in [-0.2, 0) is 6.42 Å². The number of aromatic nitrogens is 1. The zero-order chi connectivity index (χ0) is 12.3. The van der Waals surface area contributed by atoms with E-state index in [-0.39, 0.29) is 6.61 Å². The Bertz CT molecular complexity index is 520. The summed E-state index contributed by atoms with van der Waals surface area (Å²) in [7, 11) is 0. The number of aryl methyl sites for hydroxylation is 2. The van der Waals surface area contributed by atoms with E-state index in [0.717, 1.165) is 16.8 Å². The van der Waals surface area contributed by atoms with Crippen LogP contribution in [0.1, 0.15) is 16.7 Å². The third kappa shape index (κ3) is 2.53. The highest BCUT2D eigenvalue weighted by Gasteiger charge is 2.06. The molecular formula is C15H17NO. The summed E-state index contributed by atoms with van der Waals surface area (Å²) in [6.45, 7) is 4.36. The molecule has 0 atom stereocenters. The Morgan fingerprint density at radius 3 is 2.65 bits per heavy atom. The number of hydrogen-bond acceptors (Lipinski definition) is 2. The Morgan fingerprint density at radius 1 is 1.12 bits per heavy atom. The van der Waals surface area contributed by atoms with E-state index in [1.807, 2.05) is 12.1 Å². The Morgan fingerprint density at radius 2 is 1.94 bits per heavy atom. The van der Waals surface area contributed by atoms with Gasteiger partial charge < -0.3 is 5.11 Å². The lowest BCUT2D eigenvalue weighted by Gasteiger charge is -2.09. The number of pyridine rings is 1. The van der Waals surface area contributed by atoms with Gasteiger partial charge in [-0.1, -0.05) is 18.2 Å². The Labute approximate surface area is 102 Å². The standard InChI is InChI=1S/C15H17NO/c1-11-5-6-14(10-12(11)2)15-13(7-9-17)4-3-8-16-15/h3-6,8,10,17H,7,9H2,1-2H3. The molecule has 0 aliphatic rings. The van der Waals surface area contributed by atoms with Crippen LogP contribution in [0, 0.1) is 13.8 Å². The van der Waals surface area contributed by atoms with Crippen LogP contribution in [0.4, 0.5) is 0 Å². The third-order valence-corrected chi connectivity index (χ3v) is 3.05. The van der Waals surface area contributed by atoms with Crippen molar-refractivity contribution >= 4 is 0 Å². The summed E-state index contributed by atoms with van der Waals surface area (Å²) in [5.74, 6) is 0. The number of benzene rings is 1. The predicted molar refractivity (Wildman–Crippen MR) is 69.9 cm³/mol. The van der Waals surface area contributed by atoms with Crippen LogP contribution in [-0.4, -0.2) is 16.7 Å². The van der Waals surface area contributed by atoms with Gasteiger partial charge in [0.05, 0.1) is 5.69 Å². The van der Waals surface area contributed by atoms with Gasteiger partial charge in [-0.05, 0) is 49.1 Å². The molecule has 0 saturated heterocycles. The van der Waals surface area contributed by atoms with Gasteiger partial charge in [0.2, 0.25) is 0 Å². The number of rotatable bonds is 3. The van der Waals surface area contributed by atoms with Gasteiger partial charge in [-0.3, -0.25) is 4.98 Å². The summed E-state index contributed by atoms with van der Waals surface area (Å²) in [6, 6.07) is 10.3. The SMILES string of the molecule is Cc1ccc(-c2ncccc2CCO)cc1C. The fourth-order valence-corrected chi connectivity index (χ4v) is 1.91. The number of nitrogens with zero attached hydrogens (tertiary/aromatic N) is 1. The maximum absolute atomic E-state index is 9.06. The van der Waals surface area contributed by atoms with Crippen LogP contribution in [0.25, 0.3) is 11.3 Å². The summed E-state index contributed by atoms with van der Waals surface area (Å²) >= 11 is 0. The molecular weight excluding hydrogens is 210 g/mol. The fraction of sp³-hybridized carbons (Fsp3) is 0.267. The minimum atomic E-state index is 0.156. The maximum atomic E-state index is 9.06. The Kier molecular flexibility index (Phi) is 3.55. The molecule has 0 fully saturated rings. The van der Waals surface area contributed by atoms with Crippen molar-refractivity contribution in [2.24, 2.45) is 0 Å². The van der Waals surface area contributed by atoms with Crippen molar-refractivity contribution in [3.63, 3.8) is 0 Å². The van der Waals surface area contributed by atoms with Crippen LogP contribution in [0.15, 0.2) is 36.5 Å². The summed E-state index contributed by atoms with van der Waals surface area (Å²) < 4.78 is 0. The minimum Gasteiger partial charge on any atom is -0.396 e. The normalized spacial score (nSPS) is 10.5. The number of aliphatic hydroxyl groups is 1. The van der Waals surface area contributed by atoms with Gasteiger partial charge in [-0.2, -0.15) is 0 Å². The highest BCUT2D eigenvalue weighted by molar-refractivity contribution is 5.64. The van der Waals surface area contributed by atoms with E-state index >= 15 is 0 Å². The van der Waals surface area contributed by atoms with Gasteiger partial charge in [-0.15, -0.1) is 0 Å². The van der Waals surface area contributed by atoms with Crippen molar-refractivity contribution in [2.45, 2.75) is 20.3 Å². The maximum Gasteiger partial charge on any atom is 0.0734 e. The minimum absolute atomic E-state index is 0.156. The summed E-state index contributed by atoms with van der Waals surface area (Å²) in [6.07, 6.45) is 2.45. The van der Waals surface area contributed by atoms with E-state index in [4.69, 9.17) is 5.11 Å². The predicted octanol–water partition coefficient (Wildman–Crippen LogP) is 2.90. The molecule has 0 aliphatic carbocycles. The van der Waals surface area contributed by atoms with Gasteiger partial charge in [0.25, 0.3) is 0 Å². The van der Waals surface area contributed by atoms with Crippen molar-refractivity contribution in [1.82, 2.24) is 4.98 Å². The van der Waals surface area contributed by atoms with Crippen molar-refractivity contribution in [3.8, 4) is 11.3 Å². The van der Waals surface area contributed by atoms with Crippen LogP contribution < -0.4 is 0 Å². The molecule has 1 aromatic carbocycles. The lowest BCUT2D eigenvalue weighted by atomic mass is 10.00. The van der Waals surface area contributed by atoms with Gasteiger partial charge in [0.1, 0.15) is 0 Å². The second kappa shape index (κ2) is 5.11. The fourth-order valence-electron chi connectivity index (χ4n) is 1.91. The molecule has 2 aromatic rings. The van der Waals surface area contributed by atoms with E-state index in [9.17, 15) is 0 Å².